The van der Waals surface area contributed by atoms with E-state index in [0.717, 1.165) is 7.11 Å². The van der Waals surface area contributed by atoms with E-state index in [1.165, 1.54) is 19.2 Å². The van der Waals surface area contributed by atoms with E-state index in [9.17, 15) is 19.2 Å². The summed E-state index contributed by atoms with van der Waals surface area (Å²) in [7, 11) is 2.43. The minimum atomic E-state index is -0.919. The number of hydrogen-bond acceptors (Lipinski definition) is 6. The molecule has 29 heavy (non-hydrogen) atoms. The molecule has 0 bridgehead atoms. The monoisotopic (exact) mass is 394 g/mol. The molecular formula is C21H18N2O6. The fourth-order valence-electron chi connectivity index (χ4n) is 3.00. The van der Waals surface area contributed by atoms with E-state index in [2.05, 4.69) is 15.4 Å². The number of carbonyl (C=O) groups excluding carboxylic acids is 4. The molecule has 1 atom stereocenters. The molecule has 0 spiro atoms. The predicted octanol–water partition coefficient (Wildman–Crippen LogP) is 2.14. The Morgan fingerprint density at radius 3 is 2.03 bits per heavy atom. The number of hydrogen-bond donors (Lipinski definition) is 2. The van der Waals surface area contributed by atoms with Crippen LogP contribution in [-0.4, -0.2) is 38.0 Å². The molecule has 1 aliphatic heterocycles. The number of nitrogens with one attached hydrogen (secondary N) is 2. The van der Waals surface area contributed by atoms with Crippen molar-refractivity contribution in [2.45, 2.75) is 6.04 Å². The van der Waals surface area contributed by atoms with Gasteiger partial charge in [0, 0.05) is 5.56 Å². The smallest absolute Gasteiger partial charge is 0.355 e. The first-order chi connectivity index (χ1) is 14.0. The first-order valence-corrected chi connectivity index (χ1v) is 8.64. The van der Waals surface area contributed by atoms with Crippen LogP contribution in [-0.2, 0) is 14.3 Å². The Labute approximate surface area is 166 Å². The zero-order valence-electron chi connectivity index (χ0n) is 15.7. The lowest BCUT2D eigenvalue weighted by atomic mass is 9.89. The van der Waals surface area contributed by atoms with Crippen molar-refractivity contribution in [1.82, 2.24) is 10.6 Å². The lowest BCUT2D eigenvalue weighted by Gasteiger charge is -2.29. The van der Waals surface area contributed by atoms with Crippen molar-refractivity contribution >= 4 is 23.8 Å². The van der Waals surface area contributed by atoms with Gasteiger partial charge in [0.1, 0.15) is 5.70 Å². The summed E-state index contributed by atoms with van der Waals surface area (Å²) < 4.78 is 9.43. The summed E-state index contributed by atoms with van der Waals surface area (Å²) >= 11 is 0. The van der Waals surface area contributed by atoms with Gasteiger partial charge in [-0.2, -0.15) is 0 Å². The molecule has 0 fully saturated rings. The SMILES string of the molecule is COC(=O)C1=C(C(=O)c2ccccc2)[C@H](c2ccc(C(=O)OC)cc2)NC(=O)N1. The van der Waals surface area contributed by atoms with Gasteiger partial charge in [-0.3, -0.25) is 4.79 Å². The average Bonchev–Trinajstić information content (AvgIpc) is 2.77. The summed E-state index contributed by atoms with van der Waals surface area (Å²) in [6.07, 6.45) is 0. The molecule has 2 aromatic carbocycles. The van der Waals surface area contributed by atoms with Crippen LogP contribution >= 0.6 is 0 Å². The van der Waals surface area contributed by atoms with Crippen LogP contribution in [0.25, 0.3) is 0 Å². The van der Waals surface area contributed by atoms with Gasteiger partial charge in [-0.15, -0.1) is 0 Å². The Morgan fingerprint density at radius 2 is 1.45 bits per heavy atom. The van der Waals surface area contributed by atoms with E-state index < -0.39 is 29.8 Å². The number of Topliss-reactive ketones (excluding diaryl/α,β-unsaturated/α-hetero) is 1. The minimum Gasteiger partial charge on any atom is -0.465 e. The molecule has 3 rings (SSSR count). The van der Waals surface area contributed by atoms with Crippen molar-refractivity contribution < 1.29 is 28.7 Å². The molecule has 1 heterocycles. The summed E-state index contributed by atoms with van der Waals surface area (Å²) in [5.74, 6) is -1.80. The highest BCUT2D eigenvalue weighted by Crippen LogP contribution is 2.30. The number of carbonyl (C=O) groups is 4. The fraction of sp³-hybridized carbons (Fsp3) is 0.143. The van der Waals surface area contributed by atoms with Crippen molar-refractivity contribution in [3.8, 4) is 0 Å². The van der Waals surface area contributed by atoms with Gasteiger partial charge < -0.3 is 20.1 Å². The molecule has 0 aliphatic carbocycles. The minimum absolute atomic E-state index is 0.0356. The van der Waals surface area contributed by atoms with Crippen LogP contribution in [0.1, 0.15) is 32.3 Å². The molecule has 148 valence electrons. The number of esters is 2. The number of rotatable bonds is 5. The molecule has 0 radical (unpaired) electrons. The van der Waals surface area contributed by atoms with E-state index in [1.54, 1.807) is 42.5 Å². The van der Waals surface area contributed by atoms with Crippen molar-refractivity contribution in [1.29, 1.82) is 0 Å². The summed E-state index contributed by atoms with van der Waals surface area (Å²) in [5.41, 5.74) is 0.969. The quantitative estimate of drug-likeness (QED) is 0.594. The number of amides is 2. The third kappa shape index (κ3) is 4.01. The average molecular weight is 394 g/mol. The standard InChI is InChI=1S/C21H18N2O6/c1-28-19(25)14-10-8-12(9-11-14)16-15(18(24)13-6-4-3-5-7-13)17(20(26)29-2)23-21(27)22-16/h3-11,16H,1-2H3,(H2,22,23,27)/t16-/m0/s1. The van der Waals surface area contributed by atoms with Crippen LogP contribution in [0.15, 0.2) is 65.9 Å². The van der Waals surface area contributed by atoms with Crippen LogP contribution in [0.5, 0.6) is 0 Å². The Bertz CT molecular complexity index is 996. The topological polar surface area (TPSA) is 111 Å². The van der Waals surface area contributed by atoms with Crippen molar-refractivity contribution in [3.63, 3.8) is 0 Å². The van der Waals surface area contributed by atoms with Gasteiger partial charge in [0.2, 0.25) is 0 Å². The van der Waals surface area contributed by atoms with Crippen molar-refractivity contribution in [2.75, 3.05) is 14.2 Å². The first kappa shape index (κ1) is 19.8. The largest absolute Gasteiger partial charge is 0.465 e. The van der Waals surface area contributed by atoms with E-state index in [0.29, 0.717) is 16.7 Å². The third-order valence-electron chi connectivity index (χ3n) is 4.41. The summed E-state index contributed by atoms with van der Waals surface area (Å²) in [6.45, 7) is 0. The lowest BCUT2D eigenvalue weighted by molar-refractivity contribution is -0.136. The van der Waals surface area contributed by atoms with Crippen LogP contribution in [0, 0.1) is 0 Å². The molecular weight excluding hydrogens is 376 g/mol. The fourth-order valence-corrected chi connectivity index (χ4v) is 3.00. The molecule has 8 heteroatoms. The maximum Gasteiger partial charge on any atom is 0.355 e. The second-order valence-electron chi connectivity index (χ2n) is 6.12. The lowest BCUT2D eigenvalue weighted by Crippen LogP contribution is -2.47. The van der Waals surface area contributed by atoms with Crippen LogP contribution < -0.4 is 10.6 Å². The van der Waals surface area contributed by atoms with Gasteiger partial charge in [-0.05, 0) is 17.7 Å². The van der Waals surface area contributed by atoms with Crippen LogP contribution in [0.2, 0.25) is 0 Å². The van der Waals surface area contributed by atoms with Gasteiger partial charge in [0.25, 0.3) is 0 Å². The van der Waals surface area contributed by atoms with Gasteiger partial charge in [0.05, 0.1) is 31.4 Å². The Hall–Kier alpha value is -3.94. The molecule has 0 aromatic heterocycles. The van der Waals surface area contributed by atoms with Crippen molar-refractivity contribution in [2.24, 2.45) is 0 Å². The number of ether oxygens (including phenoxy) is 2. The summed E-state index contributed by atoms with van der Waals surface area (Å²) in [5, 5.41) is 5.02. The molecule has 0 saturated carbocycles. The molecule has 8 nitrogen and oxygen atoms in total. The highest BCUT2D eigenvalue weighted by molar-refractivity contribution is 6.15. The second-order valence-corrected chi connectivity index (χ2v) is 6.12. The molecule has 1 aliphatic rings. The highest BCUT2D eigenvalue weighted by atomic mass is 16.5. The van der Waals surface area contributed by atoms with E-state index in [1.807, 2.05) is 0 Å². The Balaban J connectivity index is 2.12. The summed E-state index contributed by atoms with van der Waals surface area (Å²) in [4.78, 5) is 49.3. The van der Waals surface area contributed by atoms with E-state index in [4.69, 9.17) is 4.74 Å². The number of benzene rings is 2. The number of ketones is 1. The summed E-state index contributed by atoms with van der Waals surface area (Å²) in [6, 6.07) is 13.0. The molecule has 0 unspecified atom stereocenters. The molecule has 2 aromatic rings. The zero-order valence-corrected chi connectivity index (χ0v) is 15.7. The van der Waals surface area contributed by atoms with Gasteiger partial charge >= 0.3 is 18.0 Å². The van der Waals surface area contributed by atoms with Crippen molar-refractivity contribution in [3.05, 3.63) is 82.6 Å². The van der Waals surface area contributed by atoms with Gasteiger partial charge in [0.15, 0.2) is 5.78 Å². The molecule has 2 amide bonds. The maximum atomic E-state index is 13.2. The number of urea groups is 1. The van der Waals surface area contributed by atoms with E-state index >= 15 is 0 Å². The normalized spacial score (nSPS) is 15.8. The Morgan fingerprint density at radius 1 is 0.828 bits per heavy atom. The van der Waals surface area contributed by atoms with Gasteiger partial charge in [-0.1, -0.05) is 42.5 Å². The second kappa shape index (κ2) is 8.39. The highest BCUT2D eigenvalue weighted by Gasteiger charge is 2.36. The Kier molecular flexibility index (Phi) is 5.73. The molecule has 2 N–H and O–H groups in total. The zero-order chi connectivity index (χ0) is 21.0. The maximum absolute atomic E-state index is 13.2. The van der Waals surface area contributed by atoms with Crippen LogP contribution in [0.4, 0.5) is 4.79 Å². The van der Waals surface area contributed by atoms with Crippen LogP contribution in [0.3, 0.4) is 0 Å². The molecule has 0 saturated heterocycles. The third-order valence-corrected chi connectivity index (χ3v) is 4.41. The van der Waals surface area contributed by atoms with E-state index in [-0.39, 0.29) is 11.3 Å². The van der Waals surface area contributed by atoms with Gasteiger partial charge in [-0.25, -0.2) is 14.4 Å². The first-order valence-electron chi connectivity index (χ1n) is 8.64. The number of methoxy groups -OCH3 is 2. The predicted molar refractivity (Wildman–Crippen MR) is 102 cm³/mol.